The Morgan fingerprint density at radius 1 is 0.857 bits per heavy atom. The van der Waals surface area contributed by atoms with E-state index >= 15 is 0 Å². The van der Waals surface area contributed by atoms with Crippen LogP contribution in [0.15, 0.2) is 66.7 Å². The number of carbonyl (C=O) groups is 2. The van der Waals surface area contributed by atoms with Crippen LogP contribution < -0.4 is 5.32 Å². The predicted octanol–water partition coefficient (Wildman–Crippen LogP) is 7.01. The number of carbonyl (C=O) groups excluding carboxylic acids is 2. The predicted molar refractivity (Wildman–Crippen MR) is 144 cm³/mol. The Morgan fingerprint density at radius 2 is 1.60 bits per heavy atom. The lowest BCUT2D eigenvalue weighted by Gasteiger charge is -2.32. The zero-order valence-electron chi connectivity index (χ0n) is 19.2. The molecule has 0 saturated heterocycles. The first-order valence-electron chi connectivity index (χ1n) is 11.3. The summed E-state index contributed by atoms with van der Waals surface area (Å²) in [4.78, 5) is 28.6. The fraction of sp³-hybridized carbons (Fsp3) is 0.259. The van der Waals surface area contributed by atoms with Crippen molar-refractivity contribution in [2.45, 2.75) is 38.8 Å². The standard InChI is InChI=1S/C27H26Cl4N2O2/c1-2-12-32-27(35)25(14-18-6-4-3-5-7-18)33(17-19-8-11-22(29)24(31)13-19)26(34)15-20-9-10-21(28)16-23(20)30/h3-11,13,16,25H,2,12,14-15,17H2,1H3,(H,32,35)/t25-/m0/s1. The second-order valence-electron chi connectivity index (χ2n) is 8.18. The van der Waals surface area contributed by atoms with E-state index in [2.05, 4.69) is 5.32 Å². The van der Waals surface area contributed by atoms with E-state index in [1.807, 2.05) is 37.3 Å². The second kappa shape index (κ2) is 13.2. The molecule has 0 heterocycles. The summed E-state index contributed by atoms with van der Waals surface area (Å²) in [6, 6.07) is 19.1. The highest BCUT2D eigenvalue weighted by atomic mass is 35.5. The van der Waals surface area contributed by atoms with Crippen LogP contribution in [0.25, 0.3) is 0 Å². The highest BCUT2D eigenvalue weighted by Gasteiger charge is 2.30. The van der Waals surface area contributed by atoms with Gasteiger partial charge in [0.05, 0.1) is 16.5 Å². The van der Waals surface area contributed by atoms with Crippen LogP contribution in [0.4, 0.5) is 0 Å². The minimum Gasteiger partial charge on any atom is -0.354 e. The fourth-order valence-electron chi connectivity index (χ4n) is 3.68. The minimum atomic E-state index is -0.739. The highest BCUT2D eigenvalue weighted by molar-refractivity contribution is 6.42. The molecule has 3 rings (SSSR count). The summed E-state index contributed by atoms with van der Waals surface area (Å²) >= 11 is 24.7. The van der Waals surface area contributed by atoms with Crippen molar-refractivity contribution in [2.24, 2.45) is 0 Å². The van der Waals surface area contributed by atoms with Crippen molar-refractivity contribution in [3.63, 3.8) is 0 Å². The van der Waals surface area contributed by atoms with Crippen LogP contribution in [0.3, 0.4) is 0 Å². The molecule has 2 amide bonds. The van der Waals surface area contributed by atoms with Gasteiger partial charge in [0, 0.05) is 29.6 Å². The van der Waals surface area contributed by atoms with E-state index in [1.165, 1.54) is 0 Å². The van der Waals surface area contributed by atoms with Gasteiger partial charge in [-0.1, -0.05) is 95.8 Å². The lowest BCUT2D eigenvalue weighted by atomic mass is 10.0. The number of hydrogen-bond acceptors (Lipinski definition) is 2. The third-order valence-electron chi connectivity index (χ3n) is 5.51. The molecule has 0 bridgehead atoms. The average Bonchev–Trinajstić information content (AvgIpc) is 2.84. The van der Waals surface area contributed by atoms with E-state index in [-0.39, 0.29) is 24.8 Å². The first-order valence-corrected chi connectivity index (χ1v) is 12.8. The van der Waals surface area contributed by atoms with E-state index < -0.39 is 6.04 Å². The Morgan fingerprint density at radius 3 is 2.26 bits per heavy atom. The molecule has 0 spiro atoms. The number of rotatable bonds is 10. The summed E-state index contributed by atoms with van der Waals surface area (Å²) in [6.07, 6.45) is 1.16. The Balaban J connectivity index is 1.99. The molecule has 8 heteroatoms. The maximum absolute atomic E-state index is 13.7. The first kappa shape index (κ1) is 27.3. The van der Waals surface area contributed by atoms with Gasteiger partial charge >= 0.3 is 0 Å². The van der Waals surface area contributed by atoms with Gasteiger partial charge in [-0.25, -0.2) is 0 Å². The topological polar surface area (TPSA) is 49.4 Å². The third-order valence-corrected chi connectivity index (χ3v) is 6.84. The lowest BCUT2D eigenvalue weighted by molar-refractivity contribution is -0.140. The smallest absolute Gasteiger partial charge is 0.243 e. The molecular weight excluding hydrogens is 526 g/mol. The molecule has 0 aliphatic carbocycles. The van der Waals surface area contributed by atoms with Gasteiger partial charge in [-0.15, -0.1) is 0 Å². The molecule has 184 valence electrons. The molecule has 0 saturated carbocycles. The van der Waals surface area contributed by atoms with Crippen molar-refractivity contribution in [3.05, 3.63) is 104 Å². The molecule has 35 heavy (non-hydrogen) atoms. The molecule has 0 unspecified atom stereocenters. The number of hydrogen-bond donors (Lipinski definition) is 1. The third kappa shape index (κ3) is 7.88. The van der Waals surface area contributed by atoms with Crippen LogP contribution in [0, 0.1) is 0 Å². The van der Waals surface area contributed by atoms with Crippen LogP contribution in [0.1, 0.15) is 30.0 Å². The summed E-state index contributed by atoms with van der Waals surface area (Å²) in [7, 11) is 0. The van der Waals surface area contributed by atoms with Crippen molar-refractivity contribution >= 4 is 58.2 Å². The van der Waals surface area contributed by atoms with Crippen LogP contribution in [-0.4, -0.2) is 29.3 Å². The van der Waals surface area contributed by atoms with Crippen LogP contribution >= 0.6 is 46.4 Å². The Labute approximate surface area is 226 Å². The van der Waals surface area contributed by atoms with Crippen molar-refractivity contribution in [1.82, 2.24) is 10.2 Å². The number of amides is 2. The zero-order valence-corrected chi connectivity index (χ0v) is 22.3. The molecule has 4 nitrogen and oxygen atoms in total. The molecule has 1 atom stereocenters. The van der Waals surface area contributed by atoms with E-state index in [4.69, 9.17) is 46.4 Å². The normalized spacial score (nSPS) is 11.7. The second-order valence-corrected chi connectivity index (χ2v) is 9.84. The molecule has 3 aromatic rings. The Bertz CT molecular complexity index is 1170. The maximum Gasteiger partial charge on any atom is 0.243 e. The molecule has 0 radical (unpaired) electrons. The molecule has 3 aromatic carbocycles. The number of nitrogens with one attached hydrogen (secondary N) is 1. The van der Waals surface area contributed by atoms with Gasteiger partial charge in [0.15, 0.2) is 0 Å². The van der Waals surface area contributed by atoms with E-state index in [0.717, 1.165) is 17.5 Å². The van der Waals surface area contributed by atoms with Gasteiger partial charge < -0.3 is 10.2 Å². The molecular formula is C27H26Cl4N2O2. The van der Waals surface area contributed by atoms with Crippen molar-refractivity contribution in [3.8, 4) is 0 Å². The summed E-state index contributed by atoms with van der Waals surface area (Å²) in [5, 5.41) is 4.64. The monoisotopic (exact) mass is 550 g/mol. The number of halogens is 4. The number of benzene rings is 3. The minimum absolute atomic E-state index is 0.0175. The number of nitrogens with zero attached hydrogens (tertiary/aromatic N) is 1. The Hall–Kier alpha value is -2.24. The lowest BCUT2D eigenvalue weighted by Crippen LogP contribution is -2.51. The summed E-state index contributed by atoms with van der Waals surface area (Å²) in [5.41, 5.74) is 2.34. The summed E-state index contributed by atoms with van der Waals surface area (Å²) in [5.74, 6) is -0.459. The summed E-state index contributed by atoms with van der Waals surface area (Å²) < 4.78 is 0. The van der Waals surface area contributed by atoms with Gasteiger partial charge in [-0.2, -0.15) is 0 Å². The highest BCUT2D eigenvalue weighted by Crippen LogP contribution is 2.26. The van der Waals surface area contributed by atoms with Crippen LogP contribution in [0.5, 0.6) is 0 Å². The van der Waals surface area contributed by atoms with Gasteiger partial charge in [0.1, 0.15) is 6.04 Å². The molecule has 0 aliphatic heterocycles. The van der Waals surface area contributed by atoms with Crippen molar-refractivity contribution < 1.29 is 9.59 Å². The first-order chi connectivity index (χ1) is 16.8. The SMILES string of the molecule is CCCNC(=O)[C@H](Cc1ccccc1)N(Cc1ccc(Cl)c(Cl)c1)C(=O)Cc1ccc(Cl)cc1Cl. The molecule has 0 aromatic heterocycles. The van der Waals surface area contributed by atoms with E-state index in [1.54, 1.807) is 41.3 Å². The maximum atomic E-state index is 13.7. The van der Waals surface area contributed by atoms with E-state index in [0.29, 0.717) is 38.6 Å². The molecule has 1 N–H and O–H groups in total. The fourth-order valence-corrected chi connectivity index (χ4v) is 4.48. The van der Waals surface area contributed by atoms with Crippen molar-refractivity contribution in [1.29, 1.82) is 0 Å². The average molecular weight is 552 g/mol. The van der Waals surface area contributed by atoms with Gasteiger partial charge in [0.25, 0.3) is 0 Å². The largest absolute Gasteiger partial charge is 0.354 e. The quantitative estimate of drug-likeness (QED) is 0.294. The molecule has 0 aliphatic rings. The van der Waals surface area contributed by atoms with Gasteiger partial charge in [-0.05, 0) is 47.4 Å². The van der Waals surface area contributed by atoms with Crippen LogP contribution in [0.2, 0.25) is 20.1 Å². The molecule has 0 fully saturated rings. The summed E-state index contributed by atoms with van der Waals surface area (Å²) in [6.45, 7) is 2.67. The zero-order chi connectivity index (χ0) is 25.4. The van der Waals surface area contributed by atoms with Crippen LogP contribution in [-0.2, 0) is 29.0 Å². The van der Waals surface area contributed by atoms with Gasteiger partial charge in [0.2, 0.25) is 11.8 Å². The Kier molecular flexibility index (Phi) is 10.3. The van der Waals surface area contributed by atoms with Crippen molar-refractivity contribution in [2.75, 3.05) is 6.54 Å². The van der Waals surface area contributed by atoms with Gasteiger partial charge in [-0.3, -0.25) is 9.59 Å². The van der Waals surface area contributed by atoms with E-state index in [9.17, 15) is 9.59 Å².